The van der Waals surface area contributed by atoms with E-state index in [4.69, 9.17) is 9.52 Å². The highest BCUT2D eigenvalue weighted by atomic mass is 16.4. The SMILES string of the molecule is CNCC(O)C(O)c1ccc(-c2ccc(C(=O)O)o2)cc1. The molecule has 2 aromatic rings. The van der Waals surface area contributed by atoms with Gasteiger partial charge in [0.25, 0.3) is 0 Å². The highest BCUT2D eigenvalue weighted by Crippen LogP contribution is 2.25. The highest BCUT2D eigenvalue weighted by Gasteiger charge is 2.18. The third-order valence-electron chi connectivity index (χ3n) is 3.13. The van der Waals surface area contributed by atoms with Crippen LogP contribution >= 0.6 is 0 Å². The minimum Gasteiger partial charge on any atom is -0.475 e. The van der Waals surface area contributed by atoms with Gasteiger partial charge >= 0.3 is 5.97 Å². The van der Waals surface area contributed by atoms with E-state index in [1.54, 1.807) is 37.4 Å². The minimum atomic E-state index is -1.12. The predicted molar refractivity (Wildman–Crippen MR) is 76.0 cm³/mol. The van der Waals surface area contributed by atoms with Gasteiger partial charge < -0.3 is 25.1 Å². The molecule has 0 spiro atoms. The van der Waals surface area contributed by atoms with E-state index >= 15 is 0 Å². The Morgan fingerprint density at radius 2 is 1.86 bits per heavy atom. The van der Waals surface area contributed by atoms with Crippen molar-refractivity contribution < 1.29 is 24.5 Å². The first-order valence-corrected chi connectivity index (χ1v) is 6.47. The number of benzene rings is 1. The third kappa shape index (κ3) is 3.49. The Balaban J connectivity index is 2.16. The molecule has 0 fully saturated rings. The van der Waals surface area contributed by atoms with E-state index in [-0.39, 0.29) is 12.3 Å². The first kappa shape index (κ1) is 15.2. The van der Waals surface area contributed by atoms with Gasteiger partial charge in [-0.25, -0.2) is 4.79 Å². The summed E-state index contributed by atoms with van der Waals surface area (Å²) in [5.41, 5.74) is 1.27. The van der Waals surface area contributed by atoms with Gasteiger partial charge in [0.05, 0.1) is 6.10 Å². The average Bonchev–Trinajstić information content (AvgIpc) is 2.97. The Morgan fingerprint density at radius 1 is 1.19 bits per heavy atom. The summed E-state index contributed by atoms with van der Waals surface area (Å²) < 4.78 is 5.20. The number of hydrogen-bond donors (Lipinski definition) is 4. The fourth-order valence-corrected chi connectivity index (χ4v) is 2.00. The third-order valence-corrected chi connectivity index (χ3v) is 3.13. The van der Waals surface area contributed by atoms with Gasteiger partial charge in [0, 0.05) is 12.1 Å². The summed E-state index contributed by atoms with van der Waals surface area (Å²) in [7, 11) is 1.69. The molecule has 0 amide bonds. The van der Waals surface area contributed by atoms with Crippen LogP contribution < -0.4 is 5.32 Å². The van der Waals surface area contributed by atoms with Crippen molar-refractivity contribution in [2.45, 2.75) is 12.2 Å². The molecule has 2 rings (SSSR count). The smallest absolute Gasteiger partial charge is 0.371 e. The van der Waals surface area contributed by atoms with Crippen molar-refractivity contribution in [2.24, 2.45) is 0 Å². The quantitative estimate of drug-likeness (QED) is 0.639. The number of carboxylic acid groups (broad SMARTS) is 1. The number of furan rings is 1. The molecule has 0 aliphatic carbocycles. The minimum absolute atomic E-state index is 0.126. The Kier molecular flexibility index (Phi) is 4.74. The molecule has 0 saturated heterocycles. The van der Waals surface area contributed by atoms with Gasteiger partial charge in [-0.1, -0.05) is 24.3 Å². The fraction of sp³-hybridized carbons (Fsp3) is 0.267. The zero-order valence-corrected chi connectivity index (χ0v) is 11.5. The van der Waals surface area contributed by atoms with Crippen molar-refractivity contribution in [1.29, 1.82) is 0 Å². The number of carbonyl (C=O) groups is 1. The number of hydrogen-bond acceptors (Lipinski definition) is 5. The van der Waals surface area contributed by atoms with E-state index in [0.717, 1.165) is 0 Å². The van der Waals surface area contributed by atoms with Crippen LogP contribution in [0.5, 0.6) is 0 Å². The topological polar surface area (TPSA) is 103 Å². The van der Waals surface area contributed by atoms with Crippen molar-refractivity contribution in [1.82, 2.24) is 5.32 Å². The lowest BCUT2D eigenvalue weighted by molar-refractivity contribution is 0.0202. The molecular weight excluding hydrogens is 274 g/mol. The molecule has 21 heavy (non-hydrogen) atoms. The zero-order valence-electron chi connectivity index (χ0n) is 11.5. The molecule has 2 unspecified atom stereocenters. The van der Waals surface area contributed by atoms with Crippen LogP contribution in [0.25, 0.3) is 11.3 Å². The van der Waals surface area contributed by atoms with Crippen LogP contribution in [-0.4, -0.2) is 41.0 Å². The molecule has 1 aromatic heterocycles. The zero-order chi connectivity index (χ0) is 15.4. The molecule has 0 aliphatic rings. The summed E-state index contributed by atoms with van der Waals surface area (Å²) in [6.07, 6.45) is -1.89. The lowest BCUT2D eigenvalue weighted by Gasteiger charge is -2.17. The number of likely N-dealkylation sites (N-methyl/N-ethyl adjacent to an activating group) is 1. The molecule has 0 bridgehead atoms. The number of aliphatic hydroxyl groups excluding tert-OH is 2. The van der Waals surface area contributed by atoms with Crippen LogP contribution in [0.2, 0.25) is 0 Å². The predicted octanol–water partition coefficient (Wildman–Crippen LogP) is 1.26. The van der Waals surface area contributed by atoms with E-state index in [1.165, 1.54) is 6.07 Å². The fourth-order valence-electron chi connectivity index (χ4n) is 2.00. The Labute approximate surface area is 121 Å². The van der Waals surface area contributed by atoms with Crippen molar-refractivity contribution in [3.63, 3.8) is 0 Å². The van der Waals surface area contributed by atoms with Gasteiger partial charge in [-0.3, -0.25) is 0 Å². The average molecular weight is 291 g/mol. The summed E-state index contributed by atoms with van der Waals surface area (Å²) in [6.45, 7) is 0.281. The van der Waals surface area contributed by atoms with Crippen molar-refractivity contribution >= 4 is 5.97 Å². The normalized spacial score (nSPS) is 13.9. The van der Waals surface area contributed by atoms with Gasteiger partial charge in [-0.15, -0.1) is 0 Å². The summed E-state index contributed by atoms with van der Waals surface area (Å²) in [5, 5.41) is 31.3. The van der Waals surface area contributed by atoms with Gasteiger partial charge in [-0.05, 0) is 24.7 Å². The molecule has 6 heteroatoms. The highest BCUT2D eigenvalue weighted by molar-refractivity contribution is 5.85. The first-order valence-electron chi connectivity index (χ1n) is 6.47. The van der Waals surface area contributed by atoms with Crippen LogP contribution in [0, 0.1) is 0 Å². The monoisotopic (exact) mass is 291 g/mol. The summed E-state index contributed by atoms with van der Waals surface area (Å²) >= 11 is 0. The number of carboxylic acids is 1. The molecule has 112 valence electrons. The number of aromatic carboxylic acids is 1. The standard InChI is InChI=1S/C15H17NO5/c1-16-8-11(17)14(18)10-4-2-9(3-5-10)12-6-7-13(21-12)15(19)20/h2-7,11,14,16-18H,8H2,1H3,(H,19,20). The molecular formula is C15H17NO5. The van der Waals surface area contributed by atoms with Crippen molar-refractivity contribution in [3.05, 3.63) is 47.7 Å². The van der Waals surface area contributed by atoms with E-state index in [9.17, 15) is 15.0 Å². The van der Waals surface area contributed by atoms with Crippen LogP contribution in [-0.2, 0) is 0 Å². The second-order valence-corrected chi connectivity index (χ2v) is 4.66. The number of aliphatic hydroxyl groups is 2. The molecule has 0 radical (unpaired) electrons. The molecule has 0 aliphatic heterocycles. The van der Waals surface area contributed by atoms with Gasteiger partial charge in [0.1, 0.15) is 11.9 Å². The van der Waals surface area contributed by atoms with Crippen LogP contribution in [0.3, 0.4) is 0 Å². The summed E-state index contributed by atoms with van der Waals surface area (Å²) in [5.74, 6) is -0.814. The van der Waals surface area contributed by atoms with Crippen LogP contribution in [0.15, 0.2) is 40.8 Å². The Hall–Kier alpha value is -2.15. The molecule has 6 nitrogen and oxygen atoms in total. The van der Waals surface area contributed by atoms with E-state index < -0.39 is 18.2 Å². The molecule has 1 heterocycles. The maximum atomic E-state index is 10.8. The lowest BCUT2D eigenvalue weighted by atomic mass is 10.0. The molecule has 0 saturated carbocycles. The molecule has 2 atom stereocenters. The number of nitrogens with one attached hydrogen (secondary N) is 1. The van der Waals surface area contributed by atoms with E-state index in [2.05, 4.69) is 5.32 Å². The van der Waals surface area contributed by atoms with Crippen molar-refractivity contribution in [2.75, 3.05) is 13.6 Å². The second kappa shape index (κ2) is 6.53. The largest absolute Gasteiger partial charge is 0.475 e. The lowest BCUT2D eigenvalue weighted by Crippen LogP contribution is -2.29. The first-order chi connectivity index (χ1) is 10.0. The maximum Gasteiger partial charge on any atom is 0.371 e. The Morgan fingerprint density at radius 3 is 2.38 bits per heavy atom. The van der Waals surface area contributed by atoms with Crippen LogP contribution in [0.4, 0.5) is 0 Å². The second-order valence-electron chi connectivity index (χ2n) is 4.66. The summed E-state index contributed by atoms with van der Waals surface area (Å²) in [6, 6.07) is 9.70. The Bertz CT molecular complexity index is 605. The molecule has 1 aromatic carbocycles. The van der Waals surface area contributed by atoms with Gasteiger partial charge in [-0.2, -0.15) is 0 Å². The van der Waals surface area contributed by atoms with E-state index in [0.29, 0.717) is 16.9 Å². The maximum absolute atomic E-state index is 10.8. The summed E-state index contributed by atoms with van der Waals surface area (Å²) in [4.78, 5) is 10.8. The van der Waals surface area contributed by atoms with Gasteiger partial charge in [0.15, 0.2) is 0 Å². The van der Waals surface area contributed by atoms with E-state index in [1.807, 2.05) is 0 Å². The number of rotatable bonds is 6. The van der Waals surface area contributed by atoms with Crippen LogP contribution in [0.1, 0.15) is 22.2 Å². The van der Waals surface area contributed by atoms with Gasteiger partial charge in [0.2, 0.25) is 5.76 Å². The molecule has 4 N–H and O–H groups in total. The van der Waals surface area contributed by atoms with Crippen molar-refractivity contribution in [3.8, 4) is 11.3 Å².